The van der Waals surface area contributed by atoms with Crippen LogP contribution in [-0.4, -0.2) is 42.4 Å². The third-order valence-electron chi connectivity index (χ3n) is 5.45. The molecule has 4 heteroatoms. The van der Waals surface area contributed by atoms with Gasteiger partial charge in [0.05, 0.1) is 5.56 Å². The van der Waals surface area contributed by atoms with Gasteiger partial charge in [0, 0.05) is 19.6 Å². The number of carbonyl (C=O) groups is 1. The molecule has 2 aliphatic rings. The van der Waals surface area contributed by atoms with E-state index in [0.717, 1.165) is 57.4 Å². The van der Waals surface area contributed by atoms with Crippen molar-refractivity contribution < 1.29 is 9.18 Å². The normalized spacial score (nSPS) is 17.5. The van der Waals surface area contributed by atoms with Crippen molar-refractivity contribution >= 4 is 5.91 Å². The fourth-order valence-electron chi connectivity index (χ4n) is 3.80. The molecule has 0 radical (unpaired) electrons. The van der Waals surface area contributed by atoms with Gasteiger partial charge in [-0.25, -0.2) is 4.39 Å². The molecule has 0 N–H and O–H groups in total. The predicted molar refractivity (Wildman–Crippen MR) is 99.4 cm³/mol. The molecular weight excluding hydrogens is 315 g/mol. The average molecular weight is 346 g/mol. The molecule has 1 saturated carbocycles. The van der Waals surface area contributed by atoms with E-state index >= 15 is 0 Å². The summed E-state index contributed by atoms with van der Waals surface area (Å²) in [6.07, 6.45) is 8.01. The van der Waals surface area contributed by atoms with Crippen LogP contribution in [0.4, 0.5) is 4.39 Å². The van der Waals surface area contributed by atoms with Crippen molar-refractivity contribution in [3.63, 3.8) is 0 Å². The van der Waals surface area contributed by atoms with Gasteiger partial charge in [0.2, 0.25) is 0 Å². The van der Waals surface area contributed by atoms with Gasteiger partial charge in [0.25, 0.3) is 5.91 Å². The van der Waals surface area contributed by atoms with Crippen LogP contribution < -0.4 is 0 Å². The molecule has 0 bridgehead atoms. The molecule has 1 aromatic rings. The van der Waals surface area contributed by atoms with E-state index in [1.807, 2.05) is 6.07 Å². The first-order chi connectivity index (χ1) is 12.1. The molecule has 3 nitrogen and oxygen atoms in total. The molecule has 1 aromatic carbocycles. The van der Waals surface area contributed by atoms with Gasteiger partial charge in [-0.3, -0.25) is 4.79 Å². The summed E-state index contributed by atoms with van der Waals surface area (Å²) in [5.74, 6) is 0.0442. The van der Waals surface area contributed by atoms with Gasteiger partial charge < -0.3 is 9.80 Å². The second kappa shape index (κ2) is 8.31. The molecular formula is C21H31FN2O. The van der Waals surface area contributed by atoms with Crippen LogP contribution in [0.1, 0.15) is 79.3 Å². The smallest absolute Gasteiger partial charge is 0.256 e. The number of halogens is 1. The van der Waals surface area contributed by atoms with Crippen molar-refractivity contribution in [1.82, 2.24) is 9.80 Å². The first-order valence-corrected chi connectivity index (χ1v) is 9.90. The molecule has 1 heterocycles. The first kappa shape index (κ1) is 18.4. The molecule has 3 rings (SSSR count). The maximum absolute atomic E-state index is 14.7. The first-order valence-electron chi connectivity index (χ1n) is 9.90. The number of nitrogens with zero attached hydrogens (tertiary/aromatic N) is 2. The molecule has 1 amide bonds. The second-order valence-corrected chi connectivity index (χ2v) is 7.75. The summed E-state index contributed by atoms with van der Waals surface area (Å²) in [6.45, 7) is 5.53. The number of rotatable bonds is 8. The van der Waals surface area contributed by atoms with E-state index in [2.05, 4.69) is 18.9 Å². The zero-order chi connectivity index (χ0) is 17.8. The molecule has 1 aliphatic carbocycles. The lowest BCUT2D eigenvalue weighted by Gasteiger charge is -2.21. The van der Waals surface area contributed by atoms with Crippen LogP contribution in [-0.2, 0) is 6.54 Å². The van der Waals surface area contributed by atoms with E-state index in [4.69, 9.17) is 0 Å². The Hall–Kier alpha value is -1.42. The standard InChI is InChI=1S/C21H31FN2O/c1-3-4-5-10-23(2)15-17-13-20(22)19(14-18(17)16-8-9-16)21(25)24-11-6-7-12-24/h13-14,16H,3-12,15H2,1-2H3. The quantitative estimate of drug-likeness (QED) is 0.644. The van der Waals surface area contributed by atoms with Gasteiger partial charge >= 0.3 is 0 Å². The van der Waals surface area contributed by atoms with E-state index in [0.29, 0.717) is 5.92 Å². The number of likely N-dealkylation sites (tertiary alicyclic amines) is 1. The Morgan fingerprint density at radius 1 is 1.24 bits per heavy atom. The zero-order valence-corrected chi connectivity index (χ0v) is 15.7. The van der Waals surface area contributed by atoms with Crippen LogP contribution in [0, 0.1) is 5.82 Å². The largest absolute Gasteiger partial charge is 0.339 e. The SMILES string of the molecule is CCCCCN(C)Cc1cc(F)c(C(=O)N2CCCC2)cc1C1CC1. The van der Waals surface area contributed by atoms with Crippen molar-refractivity contribution in [3.05, 3.63) is 34.6 Å². The van der Waals surface area contributed by atoms with Gasteiger partial charge in [-0.15, -0.1) is 0 Å². The van der Waals surface area contributed by atoms with Crippen LogP contribution in [0.15, 0.2) is 12.1 Å². The molecule has 1 saturated heterocycles. The Morgan fingerprint density at radius 2 is 1.96 bits per heavy atom. The van der Waals surface area contributed by atoms with E-state index in [9.17, 15) is 9.18 Å². The third kappa shape index (κ3) is 4.60. The summed E-state index contributed by atoms with van der Waals surface area (Å²) < 4.78 is 14.7. The predicted octanol–water partition coefficient (Wildman–Crippen LogP) is 4.56. The summed E-state index contributed by atoms with van der Waals surface area (Å²) in [6, 6.07) is 3.50. The van der Waals surface area contributed by atoms with Crippen molar-refractivity contribution in [2.45, 2.75) is 64.3 Å². The highest BCUT2D eigenvalue weighted by Gasteiger charge is 2.30. The summed E-state index contributed by atoms with van der Waals surface area (Å²) in [5.41, 5.74) is 2.55. The average Bonchev–Trinajstić information content (AvgIpc) is 3.28. The number of benzene rings is 1. The van der Waals surface area contributed by atoms with Crippen LogP contribution >= 0.6 is 0 Å². The highest BCUT2D eigenvalue weighted by atomic mass is 19.1. The Morgan fingerprint density at radius 3 is 2.60 bits per heavy atom. The summed E-state index contributed by atoms with van der Waals surface area (Å²) in [4.78, 5) is 16.7. The molecule has 138 valence electrons. The topological polar surface area (TPSA) is 23.6 Å². The molecule has 25 heavy (non-hydrogen) atoms. The molecule has 0 spiro atoms. The molecule has 0 unspecified atom stereocenters. The maximum Gasteiger partial charge on any atom is 0.256 e. The monoisotopic (exact) mass is 346 g/mol. The molecule has 0 atom stereocenters. The Bertz CT molecular complexity index is 606. The maximum atomic E-state index is 14.7. The van der Waals surface area contributed by atoms with Gasteiger partial charge in [0.15, 0.2) is 0 Å². The minimum absolute atomic E-state index is 0.125. The van der Waals surface area contributed by atoms with Crippen molar-refractivity contribution in [2.24, 2.45) is 0 Å². The highest BCUT2D eigenvalue weighted by Crippen LogP contribution is 2.42. The molecule has 0 aromatic heterocycles. The number of amides is 1. The van der Waals surface area contributed by atoms with Crippen LogP contribution in [0.25, 0.3) is 0 Å². The second-order valence-electron chi connectivity index (χ2n) is 7.75. The summed E-state index contributed by atoms with van der Waals surface area (Å²) >= 11 is 0. The van der Waals surface area contributed by atoms with Gasteiger partial charge in [-0.2, -0.15) is 0 Å². The van der Waals surface area contributed by atoms with E-state index in [1.165, 1.54) is 24.8 Å². The van der Waals surface area contributed by atoms with E-state index in [1.54, 1.807) is 11.0 Å². The fourth-order valence-corrected chi connectivity index (χ4v) is 3.80. The molecule has 2 fully saturated rings. The lowest BCUT2D eigenvalue weighted by molar-refractivity contribution is 0.0788. The van der Waals surface area contributed by atoms with Crippen molar-refractivity contribution in [1.29, 1.82) is 0 Å². The number of hydrogen-bond donors (Lipinski definition) is 0. The van der Waals surface area contributed by atoms with E-state index < -0.39 is 0 Å². The highest BCUT2D eigenvalue weighted by molar-refractivity contribution is 5.95. The van der Waals surface area contributed by atoms with Crippen LogP contribution in [0.3, 0.4) is 0 Å². The van der Waals surface area contributed by atoms with E-state index in [-0.39, 0.29) is 17.3 Å². The fraction of sp³-hybridized carbons (Fsp3) is 0.667. The summed E-state index contributed by atoms with van der Waals surface area (Å²) in [5, 5.41) is 0. The van der Waals surface area contributed by atoms with Crippen molar-refractivity contribution in [2.75, 3.05) is 26.7 Å². The Kier molecular flexibility index (Phi) is 6.10. The minimum atomic E-state index is -0.349. The van der Waals surface area contributed by atoms with Crippen LogP contribution in [0.2, 0.25) is 0 Å². The van der Waals surface area contributed by atoms with Gasteiger partial charge in [-0.1, -0.05) is 19.8 Å². The molecule has 1 aliphatic heterocycles. The Labute approximate surface area is 151 Å². The summed E-state index contributed by atoms with van der Waals surface area (Å²) in [7, 11) is 2.10. The lowest BCUT2D eigenvalue weighted by atomic mass is 9.98. The lowest BCUT2D eigenvalue weighted by Crippen LogP contribution is -2.29. The number of unbranched alkanes of at least 4 members (excludes halogenated alkanes) is 2. The number of hydrogen-bond acceptors (Lipinski definition) is 2. The Balaban J connectivity index is 1.77. The zero-order valence-electron chi connectivity index (χ0n) is 15.7. The van der Waals surface area contributed by atoms with Crippen molar-refractivity contribution in [3.8, 4) is 0 Å². The van der Waals surface area contributed by atoms with Gasteiger partial charge in [-0.05, 0) is 74.9 Å². The third-order valence-corrected chi connectivity index (χ3v) is 5.45. The van der Waals surface area contributed by atoms with Crippen LogP contribution in [0.5, 0.6) is 0 Å². The number of carbonyl (C=O) groups excluding carboxylic acids is 1. The van der Waals surface area contributed by atoms with Gasteiger partial charge in [0.1, 0.15) is 5.82 Å². The minimum Gasteiger partial charge on any atom is -0.339 e.